The van der Waals surface area contributed by atoms with Gasteiger partial charge in [0.1, 0.15) is 12.1 Å². The van der Waals surface area contributed by atoms with Crippen molar-refractivity contribution in [2.24, 2.45) is 29.4 Å². The van der Waals surface area contributed by atoms with Crippen LogP contribution < -0.4 is 15.2 Å². The summed E-state index contributed by atoms with van der Waals surface area (Å²) >= 11 is 0. The molecule has 1 aromatic carbocycles. The molecule has 0 aliphatic carbocycles. The second-order valence-corrected chi connectivity index (χ2v) is 11.5. The predicted octanol–water partition coefficient (Wildman–Crippen LogP) is 5.92. The Kier molecular flexibility index (Phi) is 15.2. The van der Waals surface area contributed by atoms with Crippen LogP contribution in [0.4, 0.5) is 9.59 Å². The average molecular weight is 582 g/mol. The standard InChI is InChI=1S/C30H47NO10/c1-17(2)11-13-37-29(35)40-23-10-9-22(16-24(23)41-30(36)38-14-12-18(3)4)26(27(31)28(33)34)20(7)21(8)39-25(32)15-19(5)6/h9-10,16-21,26-27H,11-15,31H2,1-8H3,(H,33,34)/t20?,21?,26?,27-/m0/s1. The van der Waals surface area contributed by atoms with Gasteiger partial charge in [0.15, 0.2) is 11.5 Å². The van der Waals surface area contributed by atoms with Crippen molar-refractivity contribution in [3.8, 4) is 11.5 Å². The molecule has 0 saturated carbocycles. The number of rotatable bonds is 16. The van der Waals surface area contributed by atoms with E-state index >= 15 is 0 Å². The van der Waals surface area contributed by atoms with E-state index in [0.717, 1.165) is 0 Å². The first-order valence-corrected chi connectivity index (χ1v) is 14.1. The van der Waals surface area contributed by atoms with Gasteiger partial charge in [-0.2, -0.15) is 0 Å². The molecule has 3 N–H and O–H groups in total. The number of hydrogen-bond acceptors (Lipinski definition) is 10. The number of carbonyl (C=O) groups is 4. The molecule has 0 spiro atoms. The van der Waals surface area contributed by atoms with Crippen LogP contribution in [-0.2, 0) is 23.8 Å². The third-order valence-electron chi connectivity index (χ3n) is 6.44. The van der Waals surface area contributed by atoms with E-state index in [1.807, 2.05) is 41.5 Å². The van der Waals surface area contributed by atoms with Crippen molar-refractivity contribution in [2.45, 2.75) is 92.7 Å². The lowest BCUT2D eigenvalue weighted by molar-refractivity contribution is -0.152. The number of aliphatic carboxylic acids is 1. The van der Waals surface area contributed by atoms with E-state index in [9.17, 15) is 24.3 Å². The highest BCUT2D eigenvalue weighted by atomic mass is 16.7. The summed E-state index contributed by atoms with van der Waals surface area (Å²) in [4.78, 5) is 49.0. The van der Waals surface area contributed by atoms with Gasteiger partial charge in [-0.25, -0.2) is 9.59 Å². The van der Waals surface area contributed by atoms with Crippen molar-refractivity contribution >= 4 is 24.2 Å². The highest BCUT2D eigenvalue weighted by Gasteiger charge is 2.36. The number of carboxylic acids is 1. The summed E-state index contributed by atoms with van der Waals surface area (Å²) in [5.41, 5.74) is 6.47. The van der Waals surface area contributed by atoms with Crippen molar-refractivity contribution in [1.82, 2.24) is 0 Å². The van der Waals surface area contributed by atoms with Gasteiger partial charge in [0.25, 0.3) is 0 Å². The van der Waals surface area contributed by atoms with Gasteiger partial charge in [0, 0.05) is 18.3 Å². The van der Waals surface area contributed by atoms with Gasteiger partial charge in [-0.15, -0.1) is 0 Å². The van der Waals surface area contributed by atoms with E-state index in [1.54, 1.807) is 13.8 Å². The Morgan fingerprint density at radius 1 is 0.780 bits per heavy atom. The minimum Gasteiger partial charge on any atom is -0.480 e. The molecule has 1 rings (SSSR count). The van der Waals surface area contributed by atoms with Gasteiger partial charge < -0.3 is 34.5 Å². The third-order valence-corrected chi connectivity index (χ3v) is 6.44. The molecule has 41 heavy (non-hydrogen) atoms. The molecule has 11 nitrogen and oxygen atoms in total. The Bertz CT molecular complexity index is 1010. The first-order valence-electron chi connectivity index (χ1n) is 14.1. The zero-order chi connectivity index (χ0) is 31.3. The number of carbonyl (C=O) groups excluding carboxylic acids is 3. The zero-order valence-corrected chi connectivity index (χ0v) is 25.5. The molecule has 3 unspecified atom stereocenters. The lowest BCUT2D eigenvalue weighted by atomic mass is 9.79. The topological polar surface area (TPSA) is 161 Å². The van der Waals surface area contributed by atoms with Crippen molar-refractivity contribution in [1.29, 1.82) is 0 Å². The fourth-order valence-electron chi connectivity index (χ4n) is 3.87. The normalized spacial score (nSPS) is 14.2. The zero-order valence-electron chi connectivity index (χ0n) is 25.5. The molecule has 0 fully saturated rings. The summed E-state index contributed by atoms with van der Waals surface area (Å²) in [6.07, 6.45) is -1.25. The maximum absolute atomic E-state index is 12.5. The summed E-state index contributed by atoms with van der Waals surface area (Å²) in [5.74, 6) is -2.73. The molecule has 0 aliphatic rings. The molecule has 11 heteroatoms. The van der Waals surface area contributed by atoms with E-state index in [2.05, 4.69) is 0 Å². The van der Waals surface area contributed by atoms with Crippen molar-refractivity contribution < 1.29 is 48.0 Å². The molecule has 0 radical (unpaired) electrons. The number of hydrogen-bond donors (Lipinski definition) is 2. The van der Waals surface area contributed by atoms with E-state index in [4.69, 9.17) is 29.4 Å². The van der Waals surface area contributed by atoms with Gasteiger partial charge in [-0.1, -0.05) is 54.5 Å². The van der Waals surface area contributed by atoms with Crippen LogP contribution in [0.25, 0.3) is 0 Å². The Morgan fingerprint density at radius 2 is 1.29 bits per heavy atom. The number of esters is 1. The van der Waals surface area contributed by atoms with Crippen LogP contribution in [0.5, 0.6) is 11.5 Å². The SMILES string of the molecule is CC(C)CCOC(=O)Oc1ccc(C(C(C)C(C)OC(=O)CC(C)C)[C@H](N)C(=O)O)cc1OC(=O)OCCC(C)C. The summed E-state index contributed by atoms with van der Waals surface area (Å²) in [6, 6.07) is 2.85. The van der Waals surface area contributed by atoms with Gasteiger partial charge in [-0.05, 0) is 55.2 Å². The predicted molar refractivity (Wildman–Crippen MR) is 152 cm³/mol. The first kappa shape index (κ1) is 35.7. The van der Waals surface area contributed by atoms with Crippen LogP contribution in [0.15, 0.2) is 18.2 Å². The molecular formula is C30H47NO10. The summed E-state index contributed by atoms with van der Waals surface area (Å²) in [6.45, 7) is 15.3. The maximum Gasteiger partial charge on any atom is 0.513 e. The molecule has 4 atom stereocenters. The Hall–Kier alpha value is -3.34. The van der Waals surface area contributed by atoms with Gasteiger partial charge >= 0.3 is 24.2 Å². The van der Waals surface area contributed by atoms with Crippen molar-refractivity contribution in [3.63, 3.8) is 0 Å². The van der Waals surface area contributed by atoms with Gasteiger partial charge in [0.05, 0.1) is 13.2 Å². The van der Waals surface area contributed by atoms with Crippen molar-refractivity contribution in [2.75, 3.05) is 13.2 Å². The number of ether oxygens (including phenoxy) is 5. The van der Waals surface area contributed by atoms with Crippen LogP contribution in [0.1, 0.15) is 86.1 Å². The minimum atomic E-state index is -1.39. The molecule has 0 amide bonds. The average Bonchev–Trinajstić information content (AvgIpc) is 2.84. The number of carboxylic acid groups (broad SMARTS) is 1. The monoisotopic (exact) mass is 581 g/mol. The fourth-order valence-corrected chi connectivity index (χ4v) is 3.87. The molecule has 0 bridgehead atoms. The Morgan fingerprint density at radius 3 is 1.76 bits per heavy atom. The van der Waals surface area contributed by atoms with E-state index in [1.165, 1.54) is 18.2 Å². The minimum absolute atomic E-state index is 0.0895. The summed E-state index contributed by atoms with van der Waals surface area (Å²) in [5, 5.41) is 9.77. The Balaban J connectivity index is 3.36. The van der Waals surface area contributed by atoms with Gasteiger partial charge in [-0.3, -0.25) is 9.59 Å². The maximum atomic E-state index is 12.5. The Labute approximate surface area is 243 Å². The molecule has 1 aromatic rings. The first-order chi connectivity index (χ1) is 19.1. The van der Waals surface area contributed by atoms with Crippen molar-refractivity contribution in [3.05, 3.63) is 23.8 Å². The highest BCUT2D eigenvalue weighted by Crippen LogP contribution is 2.37. The van der Waals surface area contributed by atoms with E-state index in [0.29, 0.717) is 30.2 Å². The summed E-state index contributed by atoms with van der Waals surface area (Å²) in [7, 11) is 0. The fraction of sp³-hybridized carbons (Fsp3) is 0.667. The summed E-state index contributed by atoms with van der Waals surface area (Å²) < 4.78 is 26.5. The largest absolute Gasteiger partial charge is 0.513 e. The van der Waals surface area contributed by atoms with Gasteiger partial charge in [0.2, 0.25) is 0 Å². The molecule has 232 valence electrons. The van der Waals surface area contributed by atoms with E-state index in [-0.39, 0.29) is 37.1 Å². The lowest BCUT2D eigenvalue weighted by Gasteiger charge is -2.32. The van der Waals surface area contributed by atoms with Crippen LogP contribution >= 0.6 is 0 Å². The third kappa shape index (κ3) is 13.2. The molecule has 0 aliphatic heterocycles. The van der Waals surface area contributed by atoms with Crippen LogP contribution in [0.2, 0.25) is 0 Å². The second-order valence-electron chi connectivity index (χ2n) is 11.5. The van der Waals surface area contributed by atoms with Crippen LogP contribution in [0, 0.1) is 23.7 Å². The molecule has 0 saturated heterocycles. The molecule has 0 aromatic heterocycles. The second kappa shape index (κ2) is 17.5. The van der Waals surface area contributed by atoms with E-state index < -0.39 is 48.2 Å². The molecular weight excluding hydrogens is 534 g/mol. The quantitative estimate of drug-likeness (QED) is 0.135. The highest BCUT2D eigenvalue weighted by molar-refractivity contribution is 5.75. The van der Waals surface area contributed by atoms with Crippen LogP contribution in [-0.4, -0.2) is 54.7 Å². The number of benzene rings is 1. The van der Waals surface area contributed by atoms with Crippen LogP contribution in [0.3, 0.4) is 0 Å². The molecule has 0 heterocycles. The smallest absolute Gasteiger partial charge is 0.480 e. The number of nitrogens with two attached hydrogens (primary N) is 1. The lowest BCUT2D eigenvalue weighted by Crippen LogP contribution is -2.42.